The summed E-state index contributed by atoms with van der Waals surface area (Å²) in [6.07, 6.45) is 5.20. The molecule has 2 aromatic carbocycles. The summed E-state index contributed by atoms with van der Waals surface area (Å²) in [5.41, 5.74) is 3.41. The first-order valence-corrected chi connectivity index (χ1v) is 7.67. The Morgan fingerprint density at radius 2 is 1.67 bits per heavy atom. The van der Waals surface area contributed by atoms with Gasteiger partial charge in [-0.2, -0.15) is 0 Å². The summed E-state index contributed by atoms with van der Waals surface area (Å²) in [7, 11) is 0. The molecule has 0 saturated carbocycles. The molecule has 110 valence electrons. The lowest BCUT2D eigenvalue weighted by molar-refractivity contribution is 0.309. The van der Waals surface area contributed by atoms with Gasteiger partial charge in [0.05, 0.1) is 12.3 Å². The first kappa shape index (κ1) is 15.3. The van der Waals surface area contributed by atoms with E-state index in [4.69, 9.17) is 4.74 Å². The standard InChI is InChI=1S/C19H23NO/c1-3-5-14-21-19-12-10-18(11-13-19)20-15-17-8-6-16(4-2)7-9-17/h6-13,15H,3-5,14H2,1-2H3. The monoisotopic (exact) mass is 281 g/mol. The van der Waals surface area contributed by atoms with Crippen LogP contribution in [0.4, 0.5) is 5.69 Å². The Hall–Kier alpha value is -2.09. The summed E-state index contributed by atoms with van der Waals surface area (Å²) in [4.78, 5) is 4.49. The van der Waals surface area contributed by atoms with E-state index in [0.717, 1.165) is 42.9 Å². The molecule has 0 bridgehead atoms. The van der Waals surface area contributed by atoms with Crippen LogP contribution < -0.4 is 4.74 Å². The molecule has 0 unspecified atom stereocenters. The Morgan fingerprint density at radius 1 is 0.952 bits per heavy atom. The summed E-state index contributed by atoms with van der Waals surface area (Å²) in [5, 5.41) is 0. The molecule has 2 aromatic rings. The van der Waals surface area contributed by atoms with Gasteiger partial charge in [0, 0.05) is 6.21 Å². The quantitative estimate of drug-likeness (QED) is 0.506. The predicted octanol–water partition coefficient (Wildman–Crippen LogP) is 5.18. The van der Waals surface area contributed by atoms with Gasteiger partial charge in [-0.25, -0.2) is 0 Å². The van der Waals surface area contributed by atoms with Gasteiger partial charge in [-0.05, 0) is 48.2 Å². The molecule has 2 heteroatoms. The van der Waals surface area contributed by atoms with Crippen molar-refractivity contribution >= 4 is 11.9 Å². The number of hydrogen-bond acceptors (Lipinski definition) is 2. The number of aryl methyl sites for hydroxylation is 1. The maximum absolute atomic E-state index is 5.64. The fourth-order valence-corrected chi connectivity index (χ4v) is 1.95. The zero-order valence-electron chi connectivity index (χ0n) is 12.9. The number of nitrogens with zero attached hydrogens (tertiary/aromatic N) is 1. The summed E-state index contributed by atoms with van der Waals surface area (Å²) in [5.74, 6) is 0.912. The van der Waals surface area contributed by atoms with Crippen molar-refractivity contribution in [2.45, 2.75) is 33.1 Å². The zero-order chi connectivity index (χ0) is 14.9. The average molecular weight is 281 g/mol. The normalized spacial score (nSPS) is 11.0. The van der Waals surface area contributed by atoms with Gasteiger partial charge in [-0.3, -0.25) is 4.99 Å². The third kappa shape index (κ3) is 5.07. The van der Waals surface area contributed by atoms with Crippen LogP contribution in [0.25, 0.3) is 0 Å². The van der Waals surface area contributed by atoms with Gasteiger partial charge in [0.2, 0.25) is 0 Å². The SMILES string of the molecule is CCCCOc1ccc(N=Cc2ccc(CC)cc2)cc1. The lowest BCUT2D eigenvalue weighted by Gasteiger charge is -2.04. The summed E-state index contributed by atoms with van der Waals surface area (Å²) < 4.78 is 5.64. The molecule has 0 radical (unpaired) electrons. The molecular weight excluding hydrogens is 258 g/mol. The topological polar surface area (TPSA) is 21.6 Å². The molecule has 0 aliphatic rings. The van der Waals surface area contributed by atoms with Crippen LogP contribution in [0.3, 0.4) is 0 Å². The van der Waals surface area contributed by atoms with Crippen LogP contribution in [0.1, 0.15) is 37.8 Å². The highest BCUT2D eigenvalue weighted by atomic mass is 16.5. The van der Waals surface area contributed by atoms with E-state index < -0.39 is 0 Å². The summed E-state index contributed by atoms with van der Waals surface area (Å²) in [6, 6.07) is 16.4. The van der Waals surface area contributed by atoms with Gasteiger partial charge in [-0.1, -0.05) is 44.5 Å². The molecule has 0 saturated heterocycles. The Balaban J connectivity index is 1.93. The molecule has 0 heterocycles. The lowest BCUT2D eigenvalue weighted by Crippen LogP contribution is -1.95. The van der Waals surface area contributed by atoms with E-state index in [-0.39, 0.29) is 0 Å². The van der Waals surface area contributed by atoms with Crippen molar-refractivity contribution in [1.82, 2.24) is 0 Å². The molecule has 0 fully saturated rings. The fraction of sp³-hybridized carbons (Fsp3) is 0.316. The van der Waals surface area contributed by atoms with Crippen molar-refractivity contribution in [1.29, 1.82) is 0 Å². The maximum Gasteiger partial charge on any atom is 0.119 e. The number of ether oxygens (including phenoxy) is 1. The van der Waals surface area contributed by atoms with E-state index in [1.54, 1.807) is 0 Å². The second kappa shape index (κ2) is 8.25. The van der Waals surface area contributed by atoms with Crippen molar-refractivity contribution in [3.8, 4) is 5.75 Å². The predicted molar refractivity (Wildman–Crippen MR) is 89.9 cm³/mol. The van der Waals surface area contributed by atoms with Crippen LogP contribution in [0.5, 0.6) is 5.75 Å². The average Bonchev–Trinajstić information content (AvgIpc) is 2.55. The smallest absolute Gasteiger partial charge is 0.119 e. The number of unbranched alkanes of at least 4 members (excludes halogenated alkanes) is 1. The van der Waals surface area contributed by atoms with E-state index in [2.05, 4.69) is 43.1 Å². The Labute approximate surface area is 127 Å². The number of benzene rings is 2. The zero-order valence-corrected chi connectivity index (χ0v) is 12.9. The molecule has 0 aliphatic heterocycles. The van der Waals surface area contributed by atoms with Crippen LogP contribution >= 0.6 is 0 Å². The minimum absolute atomic E-state index is 0.781. The van der Waals surface area contributed by atoms with Gasteiger partial charge in [0.25, 0.3) is 0 Å². The maximum atomic E-state index is 5.64. The molecule has 21 heavy (non-hydrogen) atoms. The molecule has 0 spiro atoms. The molecule has 0 aliphatic carbocycles. The third-order valence-electron chi connectivity index (χ3n) is 3.35. The van der Waals surface area contributed by atoms with Crippen molar-refractivity contribution in [2.24, 2.45) is 4.99 Å². The van der Waals surface area contributed by atoms with E-state index in [1.807, 2.05) is 30.5 Å². The molecule has 2 nitrogen and oxygen atoms in total. The van der Waals surface area contributed by atoms with Crippen molar-refractivity contribution in [3.05, 3.63) is 59.7 Å². The van der Waals surface area contributed by atoms with E-state index in [0.29, 0.717) is 0 Å². The van der Waals surface area contributed by atoms with Crippen molar-refractivity contribution in [3.63, 3.8) is 0 Å². The van der Waals surface area contributed by atoms with Crippen molar-refractivity contribution < 1.29 is 4.74 Å². The Morgan fingerprint density at radius 3 is 2.29 bits per heavy atom. The minimum atomic E-state index is 0.781. The highest BCUT2D eigenvalue weighted by Crippen LogP contribution is 2.18. The second-order valence-electron chi connectivity index (χ2n) is 5.05. The minimum Gasteiger partial charge on any atom is -0.494 e. The summed E-state index contributed by atoms with van der Waals surface area (Å²) in [6.45, 7) is 5.10. The van der Waals surface area contributed by atoms with Gasteiger partial charge in [0.1, 0.15) is 5.75 Å². The first-order valence-electron chi connectivity index (χ1n) is 7.67. The first-order chi connectivity index (χ1) is 10.3. The molecule has 0 N–H and O–H groups in total. The van der Waals surface area contributed by atoms with E-state index in [1.165, 1.54) is 5.56 Å². The largest absolute Gasteiger partial charge is 0.494 e. The van der Waals surface area contributed by atoms with Gasteiger partial charge in [0.15, 0.2) is 0 Å². The Kier molecular flexibility index (Phi) is 6.01. The van der Waals surface area contributed by atoms with Crippen LogP contribution in [0.15, 0.2) is 53.5 Å². The van der Waals surface area contributed by atoms with Gasteiger partial charge < -0.3 is 4.74 Å². The lowest BCUT2D eigenvalue weighted by atomic mass is 10.1. The van der Waals surface area contributed by atoms with Gasteiger partial charge in [-0.15, -0.1) is 0 Å². The second-order valence-corrected chi connectivity index (χ2v) is 5.05. The van der Waals surface area contributed by atoms with Crippen LogP contribution in [0, 0.1) is 0 Å². The van der Waals surface area contributed by atoms with Crippen LogP contribution in [-0.2, 0) is 6.42 Å². The van der Waals surface area contributed by atoms with E-state index >= 15 is 0 Å². The molecule has 2 rings (SSSR count). The highest BCUT2D eigenvalue weighted by Gasteiger charge is 1.94. The molecule has 0 aromatic heterocycles. The fourth-order valence-electron chi connectivity index (χ4n) is 1.95. The number of rotatable bonds is 7. The summed E-state index contributed by atoms with van der Waals surface area (Å²) >= 11 is 0. The van der Waals surface area contributed by atoms with Crippen LogP contribution in [-0.4, -0.2) is 12.8 Å². The van der Waals surface area contributed by atoms with Gasteiger partial charge >= 0.3 is 0 Å². The van der Waals surface area contributed by atoms with Crippen LogP contribution in [0.2, 0.25) is 0 Å². The molecular formula is C19H23NO. The third-order valence-corrected chi connectivity index (χ3v) is 3.35. The Bertz CT molecular complexity index is 555. The molecule has 0 atom stereocenters. The number of hydrogen-bond donors (Lipinski definition) is 0. The number of aliphatic imine (C=N–C) groups is 1. The molecule has 0 amide bonds. The van der Waals surface area contributed by atoms with E-state index in [9.17, 15) is 0 Å². The van der Waals surface area contributed by atoms with Crippen molar-refractivity contribution in [2.75, 3.05) is 6.61 Å². The highest BCUT2D eigenvalue weighted by molar-refractivity contribution is 5.81.